The van der Waals surface area contributed by atoms with E-state index >= 15 is 0 Å². The lowest BCUT2D eigenvalue weighted by Crippen LogP contribution is -2.46. The molecule has 0 aromatic heterocycles. The fourth-order valence-electron chi connectivity index (χ4n) is 3.74. The van der Waals surface area contributed by atoms with Crippen LogP contribution in [0.1, 0.15) is 18.9 Å². The van der Waals surface area contributed by atoms with Crippen LogP contribution in [0.5, 0.6) is 11.5 Å². The monoisotopic (exact) mass is 537 g/mol. The summed E-state index contributed by atoms with van der Waals surface area (Å²) in [6, 6.07) is 22.0. The lowest BCUT2D eigenvalue weighted by molar-refractivity contribution is -0.129. The molecule has 3 aromatic rings. The first-order valence-corrected chi connectivity index (χ1v) is 13.2. The van der Waals surface area contributed by atoms with Gasteiger partial charge in [-0.2, -0.15) is 0 Å². The van der Waals surface area contributed by atoms with Gasteiger partial charge in [0, 0.05) is 23.7 Å². The maximum atomic E-state index is 13.2. The van der Waals surface area contributed by atoms with Gasteiger partial charge in [-0.25, -0.2) is 4.99 Å². The molecule has 192 valence electrons. The van der Waals surface area contributed by atoms with E-state index in [4.69, 9.17) is 26.1 Å². The number of amidine groups is 1. The highest BCUT2D eigenvalue weighted by Gasteiger charge is 2.35. The minimum atomic E-state index is -0.608. The van der Waals surface area contributed by atoms with Crippen molar-refractivity contribution in [3.8, 4) is 11.5 Å². The Bertz CT molecular complexity index is 1250. The number of hydrogen-bond donors (Lipinski definition) is 1. The molecular weight excluding hydrogens is 510 g/mol. The minimum Gasteiger partial charge on any atom is -0.497 e. The number of nitrogens with one attached hydrogen (secondary N) is 1. The number of benzene rings is 3. The van der Waals surface area contributed by atoms with Crippen LogP contribution in [-0.2, 0) is 16.0 Å². The molecule has 0 radical (unpaired) electrons. The summed E-state index contributed by atoms with van der Waals surface area (Å²) in [5, 5.41) is 3.45. The molecule has 1 atom stereocenters. The normalized spacial score (nSPS) is 16.5. The van der Waals surface area contributed by atoms with Crippen LogP contribution in [0.15, 0.2) is 77.8 Å². The molecule has 1 heterocycles. The van der Waals surface area contributed by atoms with Gasteiger partial charge in [0.15, 0.2) is 5.17 Å². The lowest BCUT2D eigenvalue weighted by atomic mass is 10.1. The Labute approximate surface area is 225 Å². The summed E-state index contributed by atoms with van der Waals surface area (Å²) in [5.41, 5.74) is 2.36. The molecule has 0 spiro atoms. The molecule has 1 fully saturated rings. The van der Waals surface area contributed by atoms with Crippen LogP contribution < -0.4 is 14.8 Å². The zero-order valence-electron chi connectivity index (χ0n) is 20.6. The summed E-state index contributed by atoms with van der Waals surface area (Å²) in [4.78, 5) is 32.7. The molecule has 1 saturated heterocycles. The third-order valence-corrected chi connectivity index (χ3v) is 7.14. The Hall–Kier alpha value is -3.49. The van der Waals surface area contributed by atoms with Crippen molar-refractivity contribution in [3.63, 3.8) is 0 Å². The number of carbonyl (C=O) groups excluding carboxylic acids is 2. The Morgan fingerprint density at radius 2 is 1.73 bits per heavy atom. The van der Waals surface area contributed by atoms with Crippen molar-refractivity contribution in [2.24, 2.45) is 4.99 Å². The molecule has 1 aliphatic rings. The highest BCUT2D eigenvalue weighted by molar-refractivity contribution is 8.15. The second-order valence-electron chi connectivity index (χ2n) is 8.27. The lowest BCUT2D eigenvalue weighted by Gasteiger charge is -2.32. The predicted molar refractivity (Wildman–Crippen MR) is 149 cm³/mol. The molecule has 0 aliphatic carbocycles. The van der Waals surface area contributed by atoms with Gasteiger partial charge < -0.3 is 14.8 Å². The van der Waals surface area contributed by atoms with Crippen molar-refractivity contribution in [1.29, 1.82) is 0 Å². The number of thioether (sulfide) groups is 1. The largest absolute Gasteiger partial charge is 0.497 e. The third-order valence-electron chi connectivity index (χ3n) is 5.70. The first kappa shape index (κ1) is 26.6. The van der Waals surface area contributed by atoms with Gasteiger partial charge in [-0.1, -0.05) is 35.5 Å². The fourth-order valence-corrected chi connectivity index (χ4v) is 5.00. The number of methoxy groups -OCH3 is 1. The van der Waals surface area contributed by atoms with Crippen molar-refractivity contribution in [3.05, 3.63) is 83.4 Å². The Balaban J connectivity index is 1.52. The minimum absolute atomic E-state index is 0.0791. The molecule has 9 heteroatoms. The van der Waals surface area contributed by atoms with E-state index in [1.54, 1.807) is 36.3 Å². The van der Waals surface area contributed by atoms with E-state index in [1.165, 1.54) is 11.8 Å². The van der Waals surface area contributed by atoms with Gasteiger partial charge >= 0.3 is 0 Å². The van der Waals surface area contributed by atoms with Crippen LogP contribution in [0.3, 0.4) is 0 Å². The quantitative estimate of drug-likeness (QED) is 0.365. The Kier molecular flexibility index (Phi) is 9.09. The van der Waals surface area contributed by atoms with E-state index in [0.29, 0.717) is 46.9 Å². The Morgan fingerprint density at radius 3 is 2.38 bits per heavy atom. The van der Waals surface area contributed by atoms with Crippen LogP contribution in [0.25, 0.3) is 0 Å². The Morgan fingerprint density at radius 1 is 1.05 bits per heavy atom. The maximum Gasteiger partial charge on any atom is 0.238 e. The van der Waals surface area contributed by atoms with Gasteiger partial charge in [0.05, 0.1) is 19.4 Å². The molecule has 0 unspecified atom stereocenters. The van der Waals surface area contributed by atoms with Gasteiger partial charge in [0.1, 0.15) is 16.7 Å². The summed E-state index contributed by atoms with van der Waals surface area (Å²) in [7, 11) is 1.60. The number of halogens is 1. The molecule has 0 bridgehead atoms. The molecule has 3 aromatic carbocycles. The van der Waals surface area contributed by atoms with E-state index in [2.05, 4.69) is 5.32 Å². The van der Waals surface area contributed by atoms with Gasteiger partial charge in [-0.05, 0) is 79.6 Å². The number of carbonyl (C=O) groups is 2. The van der Waals surface area contributed by atoms with E-state index in [9.17, 15) is 9.59 Å². The van der Waals surface area contributed by atoms with Crippen molar-refractivity contribution in [1.82, 2.24) is 4.90 Å². The number of anilines is 1. The van der Waals surface area contributed by atoms with Crippen LogP contribution in [0, 0.1) is 0 Å². The molecule has 7 nitrogen and oxygen atoms in total. The van der Waals surface area contributed by atoms with Crippen LogP contribution in [0.2, 0.25) is 5.02 Å². The highest BCUT2D eigenvalue weighted by atomic mass is 35.5. The molecule has 37 heavy (non-hydrogen) atoms. The summed E-state index contributed by atoms with van der Waals surface area (Å²) >= 11 is 7.29. The smallest absolute Gasteiger partial charge is 0.238 e. The van der Waals surface area contributed by atoms with Crippen molar-refractivity contribution < 1.29 is 19.1 Å². The van der Waals surface area contributed by atoms with Crippen molar-refractivity contribution >= 4 is 51.7 Å². The van der Waals surface area contributed by atoms with Crippen molar-refractivity contribution in [2.75, 3.05) is 25.6 Å². The third kappa shape index (κ3) is 7.27. The maximum absolute atomic E-state index is 13.2. The first-order chi connectivity index (χ1) is 17.9. The summed E-state index contributed by atoms with van der Waals surface area (Å²) in [6.45, 7) is 2.92. The number of hydrogen-bond acceptors (Lipinski definition) is 6. The van der Waals surface area contributed by atoms with Gasteiger partial charge in [-0.3, -0.25) is 14.5 Å². The number of ether oxygens (including phenoxy) is 2. The molecule has 1 aliphatic heterocycles. The average Bonchev–Trinajstić information content (AvgIpc) is 2.91. The second kappa shape index (κ2) is 12.7. The van der Waals surface area contributed by atoms with Crippen molar-refractivity contribution in [2.45, 2.75) is 25.0 Å². The first-order valence-electron chi connectivity index (χ1n) is 11.9. The fraction of sp³-hybridized carbons (Fsp3) is 0.250. The standard InChI is InChI=1S/C28H28ClN3O4S/c1-3-36-24-14-10-21(11-15-24)30-27(34)25-18-26(33)32(17-16-19-4-6-20(29)7-5-19)28(37-25)31-22-8-12-23(35-2)13-9-22/h4-15,25H,3,16-18H2,1-2H3,(H,30,34)/t25-/m1/s1. The van der Waals surface area contributed by atoms with E-state index < -0.39 is 5.25 Å². The van der Waals surface area contributed by atoms with Gasteiger partial charge in [0.25, 0.3) is 0 Å². The number of aliphatic imine (C=N–C) groups is 1. The highest BCUT2D eigenvalue weighted by Crippen LogP contribution is 2.31. The van der Waals surface area contributed by atoms with E-state index in [-0.39, 0.29) is 18.2 Å². The molecule has 0 saturated carbocycles. The van der Waals surface area contributed by atoms with Gasteiger partial charge in [-0.15, -0.1) is 0 Å². The van der Waals surface area contributed by atoms with Crippen LogP contribution >= 0.6 is 23.4 Å². The van der Waals surface area contributed by atoms with Crippen LogP contribution in [0.4, 0.5) is 11.4 Å². The average molecular weight is 538 g/mol. The molecule has 1 N–H and O–H groups in total. The zero-order chi connectivity index (χ0) is 26.2. The second-order valence-corrected chi connectivity index (χ2v) is 9.88. The SMILES string of the molecule is CCOc1ccc(NC(=O)[C@H]2CC(=O)N(CCc3ccc(Cl)cc3)C(=Nc3ccc(OC)cc3)S2)cc1. The number of rotatable bonds is 9. The van der Waals surface area contributed by atoms with E-state index in [0.717, 1.165) is 11.3 Å². The molecule has 2 amide bonds. The number of amides is 2. The molecular formula is C28H28ClN3O4S. The van der Waals surface area contributed by atoms with Crippen LogP contribution in [-0.4, -0.2) is 47.4 Å². The summed E-state index contributed by atoms with van der Waals surface area (Å²) in [5.74, 6) is 1.05. The summed E-state index contributed by atoms with van der Waals surface area (Å²) in [6.07, 6.45) is 0.712. The summed E-state index contributed by atoms with van der Waals surface area (Å²) < 4.78 is 10.7. The number of nitrogens with zero attached hydrogens (tertiary/aromatic N) is 2. The van der Waals surface area contributed by atoms with E-state index in [1.807, 2.05) is 55.5 Å². The van der Waals surface area contributed by atoms with Gasteiger partial charge in [0.2, 0.25) is 11.8 Å². The zero-order valence-corrected chi connectivity index (χ0v) is 22.2. The predicted octanol–water partition coefficient (Wildman–Crippen LogP) is 5.95. The topological polar surface area (TPSA) is 80.2 Å². The molecule has 4 rings (SSSR count).